The molecule has 1 aromatic heterocycles. The number of para-hydroxylation sites is 1. The maximum atomic E-state index is 13.6. The van der Waals surface area contributed by atoms with Gasteiger partial charge in [0.15, 0.2) is 0 Å². The molecule has 1 aliphatic rings. The molecule has 19 heavy (non-hydrogen) atoms. The minimum absolute atomic E-state index is 0.103. The fourth-order valence-electron chi connectivity index (χ4n) is 2.51. The number of carbonyl (C=O) groups is 1. The van der Waals surface area contributed by atoms with E-state index in [1.54, 1.807) is 12.3 Å². The second-order valence-corrected chi connectivity index (χ2v) is 4.78. The van der Waals surface area contributed by atoms with Gasteiger partial charge in [-0.15, -0.1) is 0 Å². The summed E-state index contributed by atoms with van der Waals surface area (Å²) in [6.45, 7) is 3.17. The van der Waals surface area contributed by atoms with Crippen LogP contribution in [-0.4, -0.2) is 42.0 Å². The van der Waals surface area contributed by atoms with E-state index in [9.17, 15) is 9.18 Å². The molecule has 5 heteroatoms. The number of aromatic nitrogens is 1. The first-order valence-electron chi connectivity index (χ1n) is 6.48. The molecular formula is C14H16FN3O. The van der Waals surface area contributed by atoms with Gasteiger partial charge in [0.25, 0.3) is 0 Å². The molecule has 0 aliphatic carbocycles. The van der Waals surface area contributed by atoms with Gasteiger partial charge in [-0.05, 0) is 11.6 Å². The number of amides is 1. The Balaban J connectivity index is 1.81. The number of nitrogens with zero attached hydrogens (tertiary/aromatic N) is 1. The third-order valence-electron chi connectivity index (χ3n) is 3.56. The van der Waals surface area contributed by atoms with Gasteiger partial charge in [0, 0.05) is 37.8 Å². The number of fused-ring (bicyclic) bond motifs is 1. The van der Waals surface area contributed by atoms with Crippen molar-refractivity contribution in [3.05, 3.63) is 35.8 Å². The first-order chi connectivity index (χ1) is 9.25. The largest absolute Gasteiger partial charge is 0.359 e. The van der Waals surface area contributed by atoms with E-state index < -0.39 is 0 Å². The van der Waals surface area contributed by atoms with Crippen molar-refractivity contribution in [2.75, 3.05) is 26.2 Å². The second-order valence-electron chi connectivity index (χ2n) is 4.78. The molecule has 1 aliphatic heterocycles. The molecule has 1 saturated heterocycles. The molecule has 3 rings (SSSR count). The van der Waals surface area contributed by atoms with E-state index in [-0.39, 0.29) is 11.7 Å². The third-order valence-corrected chi connectivity index (χ3v) is 3.56. The van der Waals surface area contributed by atoms with Gasteiger partial charge in [-0.3, -0.25) is 4.79 Å². The minimum Gasteiger partial charge on any atom is -0.359 e. The lowest BCUT2D eigenvalue weighted by molar-refractivity contribution is -0.131. The van der Waals surface area contributed by atoms with E-state index in [2.05, 4.69) is 10.3 Å². The van der Waals surface area contributed by atoms with E-state index in [4.69, 9.17) is 0 Å². The fraction of sp³-hybridized carbons (Fsp3) is 0.357. The molecule has 0 saturated carbocycles. The molecule has 0 bridgehead atoms. The average molecular weight is 261 g/mol. The number of nitrogens with one attached hydrogen (secondary N) is 2. The van der Waals surface area contributed by atoms with Gasteiger partial charge in [-0.25, -0.2) is 4.39 Å². The topological polar surface area (TPSA) is 48.1 Å². The van der Waals surface area contributed by atoms with Crippen molar-refractivity contribution in [3.8, 4) is 0 Å². The van der Waals surface area contributed by atoms with Gasteiger partial charge in [-0.2, -0.15) is 0 Å². The first-order valence-corrected chi connectivity index (χ1v) is 6.48. The normalized spacial score (nSPS) is 15.9. The van der Waals surface area contributed by atoms with Gasteiger partial charge >= 0.3 is 0 Å². The Kier molecular flexibility index (Phi) is 3.21. The van der Waals surface area contributed by atoms with Crippen LogP contribution in [0.1, 0.15) is 5.56 Å². The summed E-state index contributed by atoms with van der Waals surface area (Å²) < 4.78 is 13.6. The van der Waals surface area contributed by atoms with E-state index in [0.29, 0.717) is 11.9 Å². The number of hydrogen-bond donors (Lipinski definition) is 2. The smallest absolute Gasteiger partial charge is 0.227 e. The average Bonchev–Trinajstić information content (AvgIpc) is 2.84. The Morgan fingerprint density at radius 2 is 2.11 bits per heavy atom. The Hall–Kier alpha value is -1.88. The van der Waals surface area contributed by atoms with E-state index in [1.165, 1.54) is 6.07 Å². The number of piperazine rings is 1. The Morgan fingerprint density at radius 3 is 2.89 bits per heavy atom. The summed E-state index contributed by atoms with van der Waals surface area (Å²) in [5, 5.41) is 4.01. The van der Waals surface area contributed by atoms with Crippen LogP contribution in [0.5, 0.6) is 0 Å². The molecular weight excluding hydrogens is 245 g/mol. The van der Waals surface area contributed by atoms with E-state index in [0.717, 1.165) is 37.1 Å². The lowest BCUT2D eigenvalue weighted by Gasteiger charge is -2.27. The molecule has 100 valence electrons. The highest BCUT2D eigenvalue weighted by Crippen LogP contribution is 2.21. The van der Waals surface area contributed by atoms with Crippen molar-refractivity contribution in [2.45, 2.75) is 6.42 Å². The van der Waals surface area contributed by atoms with Gasteiger partial charge in [0.05, 0.1) is 11.9 Å². The van der Waals surface area contributed by atoms with Crippen LogP contribution in [0.4, 0.5) is 4.39 Å². The number of carbonyl (C=O) groups excluding carboxylic acids is 1. The molecule has 0 atom stereocenters. The molecule has 0 spiro atoms. The van der Waals surface area contributed by atoms with Crippen molar-refractivity contribution < 1.29 is 9.18 Å². The van der Waals surface area contributed by atoms with Crippen molar-refractivity contribution in [2.24, 2.45) is 0 Å². The number of H-pyrrole nitrogens is 1. The highest BCUT2D eigenvalue weighted by Gasteiger charge is 2.18. The quantitative estimate of drug-likeness (QED) is 0.855. The highest BCUT2D eigenvalue weighted by atomic mass is 19.1. The molecule has 1 amide bonds. The maximum absolute atomic E-state index is 13.6. The van der Waals surface area contributed by atoms with Gasteiger partial charge in [0.1, 0.15) is 5.82 Å². The predicted molar refractivity (Wildman–Crippen MR) is 71.4 cm³/mol. The van der Waals surface area contributed by atoms with E-state index in [1.807, 2.05) is 11.0 Å². The van der Waals surface area contributed by atoms with Crippen LogP contribution >= 0.6 is 0 Å². The van der Waals surface area contributed by atoms with Crippen LogP contribution in [0.15, 0.2) is 24.4 Å². The summed E-state index contributed by atoms with van der Waals surface area (Å²) in [7, 11) is 0. The molecule has 1 fully saturated rings. The Labute approximate surface area is 110 Å². The van der Waals surface area contributed by atoms with E-state index >= 15 is 0 Å². The zero-order valence-corrected chi connectivity index (χ0v) is 10.6. The van der Waals surface area contributed by atoms with Crippen LogP contribution in [0, 0.1) is 5.82 Å². The van der Waals surface area contributed by atoms with Gasteiger partial charge < -0.3 is 15.2 Å². The van der Waals surface area contributed by atoms with Gasteiger partial charge in [-0.1, -0.05) is 12.1 Å². The highest BCUT2D eigenvalue weighted by molar-refractivity contribution is 5.89. The standard InChI is InChI=1S/C14H16FN3O/c15-12-3-1-2-11-10(9-17-14(11)12)8-13(19)18-6-4-16-5-7-18/h1-3,9,16-17H,4-8H2. The van der Waals surface area contributed by atoms with Crippen LogP contribution in [0.25, 0.3) is 10.9 Å². The second kappa shape index (κ2) is 5.01. The summed E-state index contributed by atoms with van der Waals surface area (Å²) in [6.07, 6.45) is 2.05. The molecule has 2 heterocycles. The lowest BCUT2D eigenvalue weighted by atomic mass is 10.1. The van der Waals surface area contributed by atoms with Crippen LogP contribution < -0.4 is 5.32 Å². The summed E-state index contributed by atoms with van der Waals surface area (Å²) in [5.74, 6) is -0.176. The lowest BCUT2D eigenvalue weighted by Crippen LogP contribution is -2.46. The zero-order chi connectivity index (χ0) is 13.2. The van der Waals surface area contributed by atoms with Crippen LogP contribution in [0.3, 0.4) is 0 Å². The maximum Gasteiger partial charge on any atom is 0.227 e. The van der Waals surface area contributed by atoms with Crippen LogP contribution in [0.2, 0.25) is 0 Å². The Morgan fingerprint density at radius 1 is 1.32 bits per heavy atom. The van der Waals surface area contributed by atoms with Crippen molar-refractivity contribution in [1.29, 1.82) is 0 Å². The summed E-state index contributed by atoms with van der Waals surface area (Å²) >= 11 is 0. The summed E-state index contributed by atoms with van der Waals surface area (Å²) in [6, 6.07) is 4.93. The third kappa shape index (κ3) is 2.33. The van der Waals surface area contributed by atoms with Crippen LogP contribution in [-0.2, 0) is 11.2 Å². The summed E-state index contributed by atoms with van der Waals surface area (Å²) in [5.41, 5.74) is 1.34. The van der Waals surface area contributed by atoms with Crippen molar-refractivity contribution >= 4 is 16.8 Å². The van der Waals surface area contributed by atoms with Crippen molar-refractivity contribution in [1.82, 2.24) is 15.2 Å². The number of hydrogen-bond acceptors (Lipinski definition) is 2. The molecule has 1 aromatic carbocycles. The summed E-state index contributed by atoms with van der Waals surface area (Å²) in [4.78, 5) is 16.9. The predicted octanol–water partition coefficient (Wildman–Crippen LogP) is 1.28. The van der Waals surface area contributed by atoms with Gasteiger partial charge in [0.2, 0.25) is 5.91 Å². The molecule has 4 nitrogen and oxygen atoms in total. The molecule has 0 radical (unpaired) electrons. The number of aromatic amines is 1. The number of benzene rings is 1. The van der Waals surface area contributed by atoms with Crippen molar-refractivity contribution in [3.63, 3.8) is 0 Å². The Bertz CT molecular complexity index is 602. The first kappa shape index (κ1) is 12.2. The monoisotopic (exact) mass is 261 g/mol. The zero-order valence-electron chi connectivity index (χ0n) is 10.6. The SMILES string of the molecule is O=C(Cc1c[nH]c2c(F)cccc12)N1CCNCC1. The molecule has 0 unspecified atom stereocenters. The molecule has 2 aromatic rings. The number of halogens is 1. The fourth-order valence-corrected chi connectivity index (χ4v) is 2.51. The minimum atomic E-state index is -0.279. The number of rotatable bonds is 2. The molecule has 2 N–H and O–H groups in total.